The van der Waals surface area contributed by atoms with Crippen LogP contribution in [0.2, 0.25) is 5.02 Å². The smallest absolute Gasteiger partial charge is 0.326 e. The minimum absolute atomic E-state index is 0.0871. The topological polar surface area (TPSA) is 125 Å². The van der Waals surface area contributed by atoms with Gasteiger partial charge in [0.25, 0.3) is 5.91 Å². The van der Waals surface area contributed by atoms with E-state index in [0.717, 1.165) is 12.8 Å². The first-order chi connectivity index (χ1) is 15.4. The first-order valence-electron chi connectivity index (χ1n) is 9.95. The number of fused-ring (bicyclic) bond motifs is 1. The number of carbonyl (C=O) groups is 2. The number of nitrogens with zero attached hydrogens (tertiary/aromatic N) is 4. The predicted octanol–water partition coefficient (Wildman–Crippen LogP) is 2.84. The molecule has 0 bridgehead atoms. The molecular formula is C20H18ClFN8O2. The van der Waals surface area contributed by atoms with Crippen LogP contribution in [0.1, 0.15) is 36.9 Å². The van der Waals surface area contributed by atoms with Crippen molar-refractivity contribution in [3.05, 3.63) is 52.1 Å². The van der Waals surface area contributed by atoms with Crippen molar-refractivity contribution < 1.29 is 14.0 Å². The van der Waals surface area contributed by atoms with E-state index in [-0.39, 0.29) is 17.7 Å². The van der Waals surface area contributed by atoms with Crippen molar-refractivity contribution in [1.29, 1.82) is 0 Å². The number of hydrogen-bond acceptors (Lipinski definition) is 7. The molecule has 5 rings (SSSR count). The number of benzene rings is 1. The first-order valence-corrected chi connectivity index (χ1v) is 10.3. The van der Waals surface area contributed by atoms with Crippen LogP contribution in [0.3, 0.4) is 0 Å². The maximum absolute atomic E-state index is 14.3. The molecule has 1 aliphatic heterocycles. The molecule has 2 aliphatic rings. The largest absolute Gasteiger partial charge is 0.351 e. The van der Waals surface area contributed by atoms with Crippen LogP contribution in [0.25, 0.3) is 11.7 Å². The monoisotopic (exact) mass is 456 g/mol. The standard InChI is InChI=1S/C20H18ClFN8O2/c1-9(13-7-11(21)2-5-14(13)22)24-18-27-16-10(6-15-17(31)28-20(32)26-15)8-23-30(16)19(29-18)25-12-3-4-12/h2,5-9,12H,3-4H2,1H3,(H2,24,25,27,29)(H2,26,28,31,32)/b15-6-/t9-/m1/s1. The maximum atomic E-state index is 14.3. The van der Waals surface area contributed by atoms with Crippen LogP contribution in [-0.2, 0) is 4.79 Å². The van der Waals surface area contributed by atoms with Crippen LogP contribution in [-0.4, -0.2) is 37.6 Å². The van der Waals surface area contributed by atoms with Gasteiger partial charge in [0.15, 0.2) is 5.65 Å². The zero-order valence-corrected chi connectivity index (χ0v) is 17.6. The fraction of sp³-hybridized carbons (Fsp3) is 0.250. The van der Waals surface area contributed by atoms with E-state index in [2.05, 4.69) is 36.3 Å². The normalized spacial score (nSPS) is 18.0. The van der Waals surface area contributed by atoms with Crippen LogP contribution >= 0.6 is 11.6 Å². The van der Waals surface area contributed by atoms with Gasteiger partial charge in [-0.05, 0) is 44.0 Å². The van der Waals surface area contributed by atoms with E-state index in [1.54, 1.807) is 13.0 Å². The highest BCUT2D eigenvalue weighted by Gasteiger charge is 2.26. The highest BCUT2D eigenvalue weighted by molar-refractivity contribution is 6.30. The molecule has 3 aromatic rings. The summed E-state index contributed by atoms with van der Waals surface area (Å²) in [6.45, 7) is 1.77. The van der Waals surface area contributed by atoms with Gasteiger partial charge in [0.05, 0.1) is 12.2 Å². The molecule has 1 saturated heterocycles. The van der Waals surface area contributed by atoms with Gasteiger partial charge in [-0.25, -0.2) is 9.18 Å². The van der Waals surface area contributed by atoms with Gasteiger partial charge >= 0.3 is 6.03 Å². The molecule has 1 aliphatic carbocycles. The molecule has 2 aromatic heterocycles. The number of aromatic nitrogens is 4. The van der Waals surface area contributed by atoms with Crippen LogP contribution in [0.5, 0.6) is 0 Å². The number of anilines is 2. The summed E-state index contributed by atoms with van der Waals surface area (Å²) < 4.78 is 15.8. The van der Waals surface area contributed by atoms with Crippen molar-refractivity contribution in [3.63, 3.8) is 0 Å². The molecule has 0 radical (unpaired) electrons. The van der Waals surface area contributed by atoms with E-state index in [4.69, 9.17) is 11.6 Å². The Hall–Kier alpha value is -3.73. The molecule has 1 aromatic carbocycles. The van der Waals surface area contributed by atoms with Crippen molar-refractivity contribution >= 4 is 47.2 Å². The number of imide groups is 1. The fourth-order valence-corrected chi connectivity index (χ4v) is 3.50. The lowest BCUT2D eigenvalue weighted by atomic mass is 10.1. The van der Waals surface area contributed by atoms with E-state index < -0.39 is 23.8 Å². The maximum Gasteiger partial charge on any atom is 0.326 e. The summed E-state index contributed by atoms with van der Waals surface area (Å²) in [5, 5.41) is 15.7. The van der Waals surface area contributed by atoms with E-state index in [9.17, 15) is 14.0 Å². The van der Waals surface area contributed by atoms with Crippen molar-refractivity contribution in [3.8, 4) is 0 Å². The van der Waals surface area contributed by atoms with Gasteiger partial charge in [-0.2, -0.15) is 19.6 Å². The molecule has 10 nitrogen and oxygen atoms in total. The van der Waals surface area contributed by atoms with Crippen LogP contribution in [0, 0.1) is 5.82 Å². The SMILES string of the molecule is C[C@@H](Nc1nc(NC2CC2)n2ncc(/C=C3\NC(=O)NC3=O)c2n1)c1cc(Cl)ccc1F. The second kappa shape index (κ2) is 7.75. The minimum atomic E-state index is -0.594. The predicted molar refractivity (Wildman–Crippen MR) is 116 cm³/mol. The molecular weight excluding hydrogens is 439 g/mol. The third-order valence-corrected chi connectivity index (χ3v) is 5.33. The molecule has 32 heavy (non-hydrogen) atoms. The number of halogens is 2. The Morgan fingerprint density at radius 3 is 2.81 bits per heavy atom. The zero-order chi connectivity index (χ0) is 22.4. The lowest BCUT2D eigenvalue weighted by Crippen LogP contribution is -2.22. The molecule has 4 N–H and O–H groups in total. The van der Waals surface area contributed by atoms with E-state index >= 15 is 0 Å². The van der Waals surface area contributed by atoms with Gasteiger partial charge in [-0.1, -0.05) is 11.6 Å². The van der Waals surface area contributed by atoms with Crippen LogP contribution in [0.4, 0.5) is 21.1 Å². The number of urea groups is 1. The van der Waals surface area contributed by atoms with Gasteiger partial charge < -0.3 is 16.0 Å². The lowest BCUT2D eigenvalue weighted by molar-refractivity contribution is -0.115. The minimum Gasteiger partial charge on any atom is -0.351 e. The molecule has 2 fully saturated rings. The molecule has 3 heterocycles. The van der Waals surface area contributed by atoms with Crippen molar-refractivity contribution in [2.75, 3.05) is 10.6 Å². The molecule has 1 saturated carbocycles. The summed E-state index contributed by atoms with van der Waals surface area (Å²) in [6.07, 6.45) is 5.04. The summed E-state index contributed by atoms with van der Waals surface area (Å²) in [5.41, 5.74) is 1.37. The second-order valence-corrected chi connectivity index (χ2v) is 8.06. The molecule has 3 amide bonds. The number of rotatable bonds is 6. The highest BCUT2D eigenvalue weighted by atomic mass is 35.5. The Balaban J connectivity index is 1.53. The fourth-order valence-electron chi connectivity index (χ4n) is 3.32. The average Bonchev–Trinajstić information content (AvgIpc) is 3.38. The summed E-state index contributed by atoms with van der Waals surface area (Å²) >= 11 is 6.02. The Morgan fingerprint density at radius 2 is 2.09 bits per heavy atom. The van der Waals surface area contributed by atoms with Crippen LogP contribution in [0.15, 0.2) is 30.1 Å². The third kappa shape index (κ3) is 3.94. The van der Waals surface area contributed by atoms with Gasteiger partial charge in [0, 0.05) is 22.2 Å². The number of carbonyl (C=O) groups excluding carboxylic acids is 2. The molecule has 0 unspecified atom stereocenters. The second-order valence-electron chi connectivity index (χ2n) is 7.62. The Labute approximate surface area is 186 Å². The van der Waals surface area contributed by atoms with Crippen molar-refractivity contribution in [2.24, 2.45) is 0 Å². The van der Waals surface area contributed by atoms with Gasteiger partial charge in [0.1, 0.15) is 11.5 Å². The number of nitrogens with one attached hydrogen (secondary N) is 4. The third-order valence-electron chi connectivity index (χ3n) is 5.10. The van der Waals surface area contributed by atoms with E-state index in [1.165, 1.54) is 28.9 Å². The molecule has 0 spiro atoms. The van der Waals surface area contributed by atoms with Gasteiger partial charge in [-0.15, -0.1) is 0 Å². The average molecular weight is 457 g/mol. The Morgan fingerprint density at radius 1 is 1.28 bits per heavy atom. The lowest BCUT2D eigenvalue weighted by Gasteiger charge is -2.16. The van der Waals surface area contributed by atoms with Gasteiger partial charge in [-0.3, -0.25) is 10.1 Å². The Kier molecular flexibility index (Phi) is 4.89. The molecule has 164 valence electrons. The van der Waals surface area contributed by atoms with E-state index in [0.29, 0.717) is 27.7 Å². The highest BCUT2D eigenvalue weighted by Crippen LogP contribution is 2.28. The number of amides is 3. The van der Waals surface area contributed by atoms with Gasteiger partial charge in [0.2, 0.25) is 11.9 Å². The summed E-state index contributed by atoms with van der Waals surface area (Å²) in [6, 6.07) is 3.55. The first kappa shape index (κ1) is 20.2. The zero-order valence-electron chi connectivity index (χ0n) is 16.8. The number of hydrogen-bond donors (Lipinski definition) is 4. The van der Waals surface area contributed by atoms with Crippen LogP contribution < -0.4 is 21.3 Å². The molecule has 1 atom stereocenters. The van der Waals surface area contributed by atoms with Crippen molar-refractivity contribution in [2.45, 2.75) is 31.8 Å². The summed E-state index contributed by atoms with van der Waals surface area (Å²) in [4.78, 5) is 32.3. The quantitative estimate of drug-likeness (QED) is 0.332. The summed E-state index contributed by atoms with van der Waals surface area (Å²) in [5.74, 6) is -0.233. The summed E-state index contributed by atoms with van der Waals surface area (Å²) in [7, 11) is 0. The molecule has 12 heteroatoms. The Bertz CT molecular complexity index is 1290. The van der Waals surface area contributed by atoms with Crippen molar-refractivity contribution in [1.82, 2.24) is 30.2 Å². The van der Waals surface area contributed by atoms with E-state index in [1.807, 2.05) is 0 Å².